The summed E-state index contributed by atoms with van der Waals surface area (Å²) in [6, 6.07) is 1.65. The second kappa shape index (κ2) is 4.61. The Morgan fingerprint density at radius 3 is 2.52 bits per heavy atom. The van der Waals surface area contributed by atoms with Gasteiger partial charge in [-0.1, -0.05) is 0 Å². The SMILES string of the molecule is O=C(O)c1ccc(C(F)(F)F)nc1NCC1(C2CC2)CC1. The van der Waals surface area contributed by atoms with Crippen LogP contribution in [0.15, 0.2) is 12.1 Å². The fourth-order valence-electron chi connectivity index (χ4n) is 2.77. The van der Waals surface area contributed by atoms with Crippen LogP contribution >= 0.6 is 0 Å². The Bertz CT molecular complexity index is 578. The van der Waals surface area contributed by atoms with Gasteiger partial charge in [0.1, 0.15) is 17.1 Å². The molecule has 0 radical (unpaired) electrons. The predicted molar refractivity (Wildman–Crippen MR) is 69.1 cm³/mol. The molecule has 0 amide bonds. The zero-order valence-corrected chi connectivity index (χ0v) is 11.2. The number of pyridine rings is 1. The molecular weight excluding hydrogens is 285 g/mol. The number of hydrogen-bond acceptors (Lipinski definition) is 3. The van der Waals surface area contributed by atoms with E-state index in [1.54, 1.807) is 0 Å². The van der Waals surface area contributed by atoms with Crippen LogP contribution in [0.5, 0.6) is 0 Å². The number of hydrogen-bond donors (Lipinski definition) is 2. The number of nitrogens with zero attached hydrogens (tertiary/aromatic N) is 1. The first-order valence-electron chi connectivity index (χ1n) is 6.87. The van der Waals surface area contributed by atoms with Crippen LogP contribution in [0.25, 0.3) is 0 Å². The zero-order chi connectivity index (χ0) is 15.3. The number of rotatable bonds is 5. The Morgan fingerprint density at radius 1 is 1.38 bits per heavy atom. The molecule has 0 spiro atoms. The van der Waals surface area contributed by atoms with Crippen LogP contribution in [0.4, 0.5) is 19.0 Å². The lowest BCUT2D eigenvalue weighted by Crippen LogP contribution is -2.21. The van der Waals surface area contributed by atoms with Gasteiger partial charge in [0.25, 0.3) is 0 Å². The van der Waals surface area contributed by atoms with Crippen molar-refractivity contribution in [2.24, 2.45) is 11.3 Å². The minimum atomic E-state index is -4.58. The largest absolute Gasteiger partial charge is 0.478 e. The van der Waals surface area contributed by atoms with Crippen molar-refractivity contribution in [1.82, 2.24) is 4.98 Å². The van der Waals surface area contributed by atoms with E-state index in [9.17, 15) is 18.0 Å². The van der Waals surface area contributed by atoms with E-state index in [1.807, 2.05) is 0 Å². The van der Waals surface area contributed by atoms with Crippen molar-refractivity contribution in [1.29, 1.82) is 0 Å². The smallest absolute Gasteiger partial charge is 0.433 e. The minimum Gasteiger partial charge on any atom is -0.478 e. The van der Waals surface area contributed by atoms with Gasteiger partial charge >= 0.3 is 12.1 Å². The predicted octanol–water partition coefficient (Wildman–Crippen LogP) is 3.40. The summed E-state index contributed by atoms with van der Waals surface area (Å²) in [6.07, 6.45) is -0.174. The van der Waals surface area contributed by atoms with Gasteiger partial charge in [0.2, 0.25) is 0 Å². The second-order valence-electron chi connectivity index (χ2n) is 5.89. The van der Waals surface area contributed by atoms with Gasteiger partial charge in [0.15, 0.2) is 0 Å². The summed E-state index contributed by atoms with van der Waals surface area (Å²) in [5.41, 5.74) is -1.16. The molecule has 3 rings (SSSR count). The molecule has 1 aromatic heterocycles. The summed E-state index contributed by atoms with van der Waals surface area (Å²) in [6.45, 7) is 0.492. The number of halogens is 3. The van der Waals surface area contributed by atoms with Crippen LogP contribution in [0.2, 0.25) is 0 Å². The molecular formula is C14H15F3N2O2. The highest BCUT2D eigenvalue weighted by Gasteiger charge is 2.53. The van der Waals surface area contributed by atoms with Crippen molar-refractivity contribution in [3.05, 3.63) is 23.4 Å². The number of carboxylic acids is 1. The molecule has 21 heavy (non-hydrogen) atoms. The number of carbonyl (C=O) groups is 1. The molecule has 0 atom stereocenters. The van der Waals surface area contributed by atoms with Gasteiger partial charge in [-0.15, -0.1) is 0 Å². The maximum absolute atomic E-state index is 12.7. The first-order valence-corrected chi connectivity index (χ1v) is 6.87. The van der Waals surface area contributed by atoms with Crippen LogP contribution in [0.1, 0.15) is 41.7 Å². The molecule has 0 unspecified atom stereocenters. The quantitative estimate of drug-likeness (QED) is 0.875. The Kier molecular flexibility index (Phi) is 3.11. The molecule has 0 aromatic carbocycles. The van der Waals surface area contributed by atoms with Gasteiger partial charge in [0, 0.05) is 6.54 Å². The molecule has 0 aliphatic heterocycles. The van der Waals surface area contributed by atoms with Crippen molar-refractivity contribution in [2.45, 2.75) is 31.9 Å². The van der Waals surface area contributed by atoms with Gasteiger partial charge in [-0.3, -0.25) is 0 Å². The van der Waals surface area contributed by atoms with Gasteiger partial charge in [-0.05, 0) is 49.1 Å². The molecule has 0 saturated heterocycles. The van der Waals surface area contributed by atoms with E-state index in [1.165, 1.54) is 0 Å². The zero-order valence-electron chi connectivity index (χ0n) is 11.2. The van der Waals surface area contributed by atoms with Gasteiger partial charge in [-0.2, -0.15) is 13.2 Å². The average molecular weight is 300 g/mol. The molecule has 2 saturated carbocycles. The molecule has 0 bridgehead atoms. The third kappa shape index (κ3) is 2.82. The fourth-order valence-corrected chi connectivity index (χ4v) is 2.77. The van der Waals surface area contributed by atoms with Crippen LogP contribution < -0.4 is 5.32 Å². The maximum atomic E-state index is 12.7. The van der Waals surface area contributed by atoms with E-state index in [-0.39, 0.29) is 16.8 Å². The number of alkyl halides is 3. The van der Waals surface area contributed by atoms with Crippen molar-refractivity contribution < 1.29 is 23.1 Å². The summed E-state index contributed by atoms with van der Waals surface area (Å²) in [5.74, 6) is -0.844. The number of aromatic carboxylic acids is 1. The van der Waals surface area contributed by atoms with Crippen LogP contribution in [0, 0.1) is 11.3 Å². The number of anilines is 1. The molecule has 1 aromatic rings. The molecule has 2 aliphatic rings. The third-order valence-corrected chi connectivity index (χ3v) is 4.36. The summed E-state index contributed by atoms with van der Waals surface area (Å²) < 4.78 is 38.1. The topological polar surface area (TPSA) is 62.2 Å². The summed E-state index contributed by atoms with van der Waals surface area (Å²) in [5, 5.41) is 11.9. The molecule has 2 aliphatic carbocycles. The Morgan fingerprint density at radius 2 is 2.05 bits per heavy atom. The van der Waals surface area contributed by atoms with E-state index in [0.29, 0.717) is 18.5 Å². The van der Waals surface area contributed by atoms with E-state index in [0.717, 1.165) is 31.7 Å². The van der Waals surface area contributed by atoms with E-state index in [2.05, 4.69) is 10.3 Å². The number of nitrogens with one attached hydrogen (secondary N) is 1. The lowest BCUT2D eigenvalue weighted by molar-refractivity contribution is -0.141. The fraction of sp³-hybridized carbons (Fsp3) is 0.571. The third-order valence-electron chi connectivity index (χ3n) is 4.36. The van der Waals surface area contributed by atoms with E-state index >= 15 is 0 Å². The highest BCUT2D eigenvalue weighted by Crippen LogP contribution is 2.61. The van der Waals surface area contributed by atoms with E-state index in [4.69, 9.17) is 5.11 Å². The molecule has 4 nitrogen and oxygen atoms in total. The first kappa shape index (κ1) is 14.2. The highest BCUT2D eigenvalue weighted by molar-refractivity contribution is 5.93. The normalized spacial score (nSPS) is 20.1. The molecule has 1 heterocycles. The molecule has 114 valence electrons. The summed E-state index contributed by atoms with van der Waals surface area (Å²) in [7, 11) is 0. The maximum Gasteiger partial charge on any atom is 0.433 e. The van der Waals surface area contributed by atoms with Gasteiger partial charge < -0.3 is 10.4 Å². The molecule has 2 N–H and O–H groups in total. The monoisotopic (exact) mass is 300 g/mol. The van der Waals surface area contributed by atoms with Gasteiger partial charge in [0.05, 0.1) is 0 Å². The van der Waals surface area contributed by atoms with Crippen molar-refractivity contribution in [3.8, 4) is 0 Å². The van der Waals surface area contributed by atoms with Crippen LogP contribution in [0.3, 0.4) is 0 Å². The highest BCUT2D eigenvalue weighted by atomic mass is 19.4. The molecule has 2 fully saturated rings. The Balaban J connectivity index is 1.82. The number of carboxylic acid groups (broad SMARTS) is 1. The average Bonchev–Trinajstić information content (AvgIpc) is 3.25. The van der Waals surface area contributed by atoms with Crippen LogP contribution in [-0.4, -0.2) is 22.6 Å². The molecule has 7 heteroatoms. The lowest BCUT2D eigenvalue weighted by atomic mass is 10.0. The number of aromatic nitrogens is 1. The Labute approximate surface area is 119 Å². The van der Waals surface area contributed by atoms with Crippen LogP contribution in [-0.2, 0) is 6.18 Å². The van der Waals surface area contributed by atoms with Crippen molar-refractivity contribution >= 4 is 11.8 Å². The summed E-state index contributed by atoms with van der Waals surface area (Å²) >= 11 is 0. The second-order valence-corrected chi connectivity index (χ2v) is 5.89. The van der Waals surface area contributed by atoms with Crippen molar-refractivity contribution in [2.75, 3.05) is 11.9 Å². The Hall–Kier alpha value is -1.79. The first-order chi connectivity index (χ1) is 9.82. The standard InChI is InChI=1S/C14H15F3N2O2/c15-14(16,17)10-4-3-9(12(20)21)11(19-10)18-7-13(5-6-13)8-1-2-8/h3-4,8H,1-2,5-7H2,(H,18,19)(H,20,21). The lowest BCUT2D eigenvalue weighted by Gasteiger charge is -2.17. The van der Waals surface area contributed by atoms with Crippen molar-refractivity contribution in [3.63, 3.8) is 0 Å². The van der Waals surface area contributed by atoms with Gasteiger partial charge in [-0.25, -0.2) is 9.78 Å². The minimum absolute atomic E-state index is 0.145. The van der Waals surface area contributed by atoms with E-state index < -0.39 is 17.8 Å². The summed E-state index contributed by atoms with van der Waals surface area (Å²) in [4.78, 5) is 14.6.